The van der Waals surface area contributed by atoms with E-state index in [1.165, 1.54) is 32.0 Å². The number of Topliss-reactive ketones (excluding diaryl/α,β-unsaturated/α-hetero) is 1. The van der Waals surface area contributed by atoms with Crippen LogP contribution in [0.1, 0.15) is 40.1 Å². The van der Waals surface area contributed by atoms with E-state index < -0.39 is 27.8 Å². The molecule has 8 heteroatoms. The predicted molar refractivity (Wildman–Crippen MR) is 104 cm³/mol. The van der Waals surface area contributed by atoms with Crippen molar-refractivity contribution in [3.05, 3.63) is 59.2 Å². The summed E-state index contributed by atoms with van der Waals surface area (Å²) < 4.78 is 28.6. The molecule has 0 saturated carbocycles. The number of hydrogen-bond donors (Lipinski definition) is 1. The number of carbonyl (C=O) groups is 3. The fraction of sp³-hybridized carbons (Fsp3) is 0.250. The number of ketones is 1. The molecule has 0 bridgehead atoms. The minimum absolute atomic E-state index is 0.0162. The maximum atomic E-state index is 12.4. The molecule has 1 amide bonds. The fourth-order valence-electron chi connectivity index (χ4n) is 2.46. The van der Waals surface area contributed by atoms with E-state index in [2.05, 4.69) is 5.32 Å². The van der Waals surface area contributed by atoms with Crippen LogP contribution in [0.25, 0.3) is 0 Å². The molecule has 7 nitrogen and oxygen atoms in total. The molecule has 2 rings (SSSR count). The average molecular weight is 403 g/mol. The molecule has 0 fully saturated rings. The average Bonchev–Trinajstić information content (AvgIpc) is 2.61. The smallest absolute Gasteiger partial charge is 0.339 e. The fourth-order valence-corrected chi connectivity index (χ4v) is 3.11. The van der Waals surface area contributed by atoms with Crippen molar-refractivity contribution in [2.45, 2.75) is 31.8 Å². The van der Waals surface area contributed by atoms with E-state index >= 15 is 0 Å². The Morgan fingerprint density at radius 1 is 1.04 bits per heavy atom. The molecule has 0 radical (unpaired) electrons. The van der Waals surface area contributed by atoms with Crippen LogP contribution in [0.5, 0.6) is 0 Å². The van der Waals surface area contributed by atoms with Crippen molar-refractivity contribution in [2.24, 2.45) is 0 Å². The normalized spacial score (nSPS) is 12.1. The standard InChI is InChI=1S/C20H21NO6S/c1-12-9-10-15(28(4,25)26)11-17(12)20(24)27-14(3)19(23)21-18-8-6-5-7-16(18)13(2)22/h5-11,14H,1-4H3,(H,21,23)/t14-/m0/s1. The van der Waals surface area contributed by atoms with Crippen molar-refractivity contribution < 1.29 is 27.5 Å². The van der Waals surface area contributed by atoms with Gasteiger partial charge in [0.15, 0.2) is 21.7 Å². The minimum atomic E-state index is -3.49. The van der Waals surface area contributed by atoms with Gasteiger partial charge < -0.3 is 10.1 Å². The van der Waals surface area contributed by atoms with Crippen molar-refractivity contribution in [3.63, 3.8) is 0 Å². The summed E-state index contributed by atoms with van der Waals surface area (Å²) in [4.78, 5) is 36.4. The third-order valence-corrected chi connectivity index (χ3v) is 5.18. The summed E-state index contributed by atoms with van der Waals surface area (Å²) in [7, 11) is -3.49. The summed E-state index contributed by atoms with van der Waals surface area (Å²) in [6, 6.07) is 10.6. The van der Waals surface area contributed by atoms with Gasteiger partial charge in [-0.05, 0) is 50.6 Å². The van der Waals surface area contributed by atoms with Crippen molar-refractivity contribution in [2.75, 3.05) is 11.6 Å². The number of anilines is 1. The van der Waals surface area contributed by atoms with Gasteiger partial charge in [0.25, 0.3) is 5.91 Å². The topological polar surface area (TPSA) is 107 Å². The van der Waals surface area contributed by atoms with Gasteiger partial charge in [0.05, 0.1) is 16.1 Å². The molecule has 148 valence electrons. The lowest BCUT2D eigenvalue weighted by Crippen LogP contribution is -2.30. The van der Waals surface area contributed by atoms with Gasteiger partial charge in [-0.2, -0.15) is 0 Å². The van der Waals surface area contributed by atoms with E-state index in [1.807, 2.05) is 0 Å². The maximum absolute atomic E-state index is 12.4. The second kappa shape index (κ2) is 8.35. The first-order valence-corrected chi connectivity index (χ1v) is 10.3. The van der Waals surface area contributed by atoms with Crippen LogP contribution >= 0.6 is 0 Å². The number of benzene rings is 2. The maximum Gasteiger partial charge on any atom is 0.339 e. The second-order valence-electron chi connectivity index (χ2n) is 6.39. The highest BCUT2D eigenvalue weighted by atomic mass is 32.2. The quantitative estimate of drug-likeness (QED) is 0.587. The Morgan fingerprint density at radius 2 is 1.68 bits per heavy atom. The summed E-state index contributed by atoms with van der Waals surface area (Å²) in [6.45, 7) is 4.40. The molecule has 1 N–H and O–H groups in total. The molecule has 0 aliphatic rings. The third-order valence-electron chi connectivity index (χ3n) is 4.07. The summed E-state index contributed by atoms with van der Waals surface area (Å²) in [5.74, 6) is -1.64. The molecule has 0 saturated heterocycles. The van der Waals surface area contributed by atoms with Gasteiger partial charge in [-0.15, -0.1) is 0 Å². The molecule has 0 unspecified atom stereocenters. The Balaban J connectivity index is 2.17. The van der Waals surface area contributed by atoms with Gasteiger partial charge in [-0.25, -0.2) is 13.2 Å². The van der Waals surface area contributed by atoms with Crippen LogP contribution < -0.4 is 5.32 Å². The van der Waals surface area contributed by atoms with Gasteiger partial charge in [0.2, 0.25) is 0 Å². The molecule has 0 aliphatic carbocycles. The van der Waals surface area contributed by atoms with Crippen molar-refractivity contribution in [1.82, 2.24) is 0 Å². The summed E-state index contributed by atoms with van der Waals surface area (Å²) >= 11 is 0. The van der Waals surface area contributed by atoms with Gasteiger partial charge in [-0.3, -0.25) is 9.59 Å². The highest BCUT2D eigenvalue weighted by Crippen LogP contribution is 2.19. The number of aryl methyl sites for hydroxylation is 1. The number of amides is 1. The van der Waals surface area contributed by atoms with Crippen LogP contribution in [0.15, 0.2) is 47.4 Å². The third kappa shape index (κ3) is 5.04. The Labute approximate surface area is 163 Å². The minimum Gasteiger partial charge on any atom is -0.449 e. The van der Waals surface area contributed by atoms with Gasteiger partial charge in [0.1, 0.15) is 0 Å². The van der Waals surface area contributed by atoms with Crippen LogP contribution in [0.4, 0.5) is 5.69 Å². The van der Waals surface area contributed by atoms with E-state index in [4.69, 9.17) is 4.74 Å². The van der Waals surface area contributed by atoms with Crippen molar-refractivity contribution in [3.8, 4) is 0 Å². The highest BCUT2D eigenvalue weighted by molar-refractivity contribution is 7.90. The number of sulfone groups is 1. The molecule has 0 spiro atoms. The molecule has 0 aromatic heterocycles. The van der Waals surface area contributed by atoms with E-state index in [9.17, 15) is 22.8 Å². The molecule has 2 aromatic carbocycles. The number of esters is 1. The molecular weight excluding hydrogens is 382 g/mol. The Bertz CT molecular complexity index is 1040. The lowest BCUT2D eigenvalue weighted by Gasteiger charge is -2.16. The zero-order chi connectivity index (χ0) is 21.1. The number of ether oxygens (including phenoxy) is 1. The molecule has 28 heavy (non-hydrogen) atoms. The van der Waals surface area contributed by atoms with Gasteiger partial charge in [0, 0.05) is 11.8 Å². The van der Waals surface area contributed by atoms with E-state index in [1.54, 1.807) is 31.2 Å². The zero-order valence-electron chi connectivity index (χ0n) is 16.0. The molecule has 0 heterocycles. The highest BCUT2D eigenvalue weighted by Gasteiger charge is 2.22. The van der Waals surface area contributed by atoms with Crippen molar-refractivity contribution >= 4 is 33.2 Å². The number of carbonyl (C=O) groups excluding carboxylic acids is 3. The first-order valence-electron chi connectivity index (χ1n) is 8.43. The summed E-state index contributed by atoms with van der Waals surface area (Å²) in [6.07, 6.45) is -0.121. The van der Waals surface area contributed by atoms with Crippen LogP contribution in [0.2, 0.25) is 0 Å². The molecule has 0 aliphatic heterocycles. The lowest BCUT2D eigenvalue weighted by atomic mass is 10.1. The van der Waals surface area contributed by atoms with Crippen LogP contribution in [0, 0.1) is 6.92 Å². The van der Waals surface area contributed by atoms with Gasteiger partial charge in [-0.1, -0.05) is 18.2 Å². The molecular formula is C20H21NO6S. The molecule has 2 aromatic rings. The first kappa shape index (κ1) is 21.3. The second-order valence-corrected chi connectivity index (χ2v) is 8.40. The predicted octanol–water partition coefficient (Wildman–Crippen LogP) is 2.79. The first-order chi connectivity index (χ1) is 13.0. The molecule has 1 atom stereocenters. The Hall–Kier alpha value is -3.00. The van der Waals surface area contributed by atoms with Crippen LogP contribution in [-0.4, -0.2) is 38.4 Å². The monoisotopic (exact) mass is 403 g/mol. The summed E-state index contributed by atoms with van der Waals surface area (Å²) in [5.41, 5.74) is 1.24. The van der Waals surface area contributed by atoms with Crippen LogP contribution in [-0.2, 0) is 19.4 Å². The van der Waals surface area contributed by atoms with E-state index in [-0.39, 0.29) is 16.2 Å². The van der Waals surface area contributed by atoms with E-state index in [0.29, 0.717) is 16.8 Å². The summed E-state index contributed by atoms with van der Waals surface area (Å²) in [5, 5.41) is 2.57. The van der Waals surface area contributed by atoms with Crippen LogP contribution in [0.3, 0.4) is 0 Å². The SMILES string of the molecule is CC(=O)c1ccccc1NC(=O)[C@H](C)OC(=O)c1cc(S(C)(=O)=O)ccc1C. The lowest BCUT2D eigenvalue weighted by molar-refractivity contribution is -0.123. The zero-order valence-corrected chi connectivity index (χ0v) is 16.8. The number of hydrogen-bond acceptors (Lipinski definition) is 6. The number of rotatable bonds is 6. The van der Waals surface area contributed by atoms with E-state index in [0.717, 1.165) is 6.26 Å². The Morgan fingerprint density at radius 3 is 2.29 bits per heavy atom. The largest absolute Gasteiger partial charge is 0.449 e. The van der Waals surface area contributed by atoms with Gasteiger partial charge >= 0.3 is 5.97 Å². The number of nitrogens with one attached hydrogen (secondary N) is 1. The van der Waals surface area contributed by atoms with Crippen molar-refractivity contribution in [1.29, 1.82) is 0 Å². The number of para-hydroxylation sites is 1. The Kier molecular flexibility index (Phi) is 6.35.